The number of nitrogens with zero attached hydrogens (tertiary/aromatic N) is 3. The summed E-state index contributed by atoms with van der Waals surface area (Å²) in [5.74, 6) is 0.500. The quantitative estimate of drug-likeness (QED) is 0.681. The Labute approximate surface area is 70.0 Å². The largest absolute Gasteiger partial charge is 0.382 e. The molecule has 0 unspecified atom stereocenters. The number of rotatable bonds is 1. The van der Waals surface area contributed by atoms with Gasteiger partial charge in [-0.1, -0.05) is 0 Å². The van der Waals surface area contributed by atoms with Gasteiger partial charge in [0, 0.05) is 12.7 Å². The molecule has 0 aliphatic carbocycles. The van der Waals surface area contributed by atoms with Gasteiger partial charge < -0.3 is 10.3 Å². The van der Waals surface area contributed by atoms with Gasteiger partial charge in [-0.15, -0.1) is 0 Å². The third-order valence-electron chi connectivity index (χ3n) is 1.91. The fraction of sp³-hybridized carbons (Fsp3) is 0.250. The molecule has 62 valence electrons. The van der Waals surface area contributed by atoms with E-state index in [4.69, 9.17) is 5.73 Å². The van der Waals surface area contributed by atoms with Crippen molar-refractivity contribution < 1.29 is 0 Å². The first-order valence-corrected chi connectivity index (χ1v) is 3.88. The molecule has 0 amide bonds. The zero-order chi connectivity index (χ0) is 8.55. The van der Waals surface area contributed by atoms with Crippen molar-refractivity contribution in [2.75, 3.05) is 5.73 Å². The second-order valence-corrected chi connectivity index (χ2v) is 2.59. The topological polar surface area (TPSA) is 56.7 Å². The van der Waals surface area contributed by atoms with E-state index in [1.807, 2.05) is 10.6 Å². The molecule has 0 fully saturated rings. The highest BCUT2D eigenvalue weighted by Gasteiger charge is 2.03. The monoisotopic (exact) mass is 162 g/mol. The lowest BCUT2D eigenvalue weighted by atomic mass is 10.4. The zero-order valence-corrected chi connectivity index (χ0v) is 6.86. The van der Waals surface area contributed by atoms with Crippen LogP contribution in [-0.2, 0) is 6.54 Å². The molecule has 0 aliphatic heterocycles. The molecule has 0 spiro atoms. The highest BCUT2D eigenvalue weighted by atomic mass is 15.1. The minimum atomic E-state index is 0.500. The van der Waals surface area contributed by atoms with Crippen LogP contribution in [-0.4, -0.2) is 14.5 Å². The Hall–Kier alpha value is -1.58. The van der Waals surface area contributed by atoms with Crippen molar-refractivity contribution in [2.24, 2.45) is 0 Å². The van der Waals surface area contributed by atoms with Gasteiger partial charge in [0.25, 0.3) is 0 Å². The molecule has 0 saturated carbocycles. The Morgan fingerprint density at radius 1 is 1.50 bits per heavy atom. The Morgan fingerprint density at radius 3 is 3.08 bits per heavy atom. The first-order valence-electron chi connectivity index (χ1n) is 3.88. The third kappa shape index (κ3) is 0.845. The van der Waals surface area contributed by atoms with Gasteiger partial charge in [0.05, 0.1) is 11.8 Å². The number of hydrogen-bond acceptors (Lipinski definition) is 3. The van der Waals surface area contributed by atoms with Gasteiger partial charge in [-0.2, -0.15) is 0 Å². The second kappa shape index (κ2) is 2.48. The fourth-order valence-electron chi connectivity index (χ4n) is 1.27. The number of aryl methyl sites for hydroxylation is 1. The lowest BCUT2D eigenvalue weighted by molar-refractivity contribution is 0.787. The van der Waals surface area contributed by atoms with Crippen LogP contribution in [0.15, 0.2) is 18.6 Å². The van der Waals surface area contributed by atoms with Crippen LogP contribution < -0.4 is 5.73 Å². The van der Waals surface area contributed by atoms with Crippen LogP contribution in [0.2, 0.25) is 0 Å². The van der Waals surface area contributed by atoms with E-state index in [0.717, 1.165) is 17.6 Å². The van der Waals surface area contributed by atoms with Crippen LogP contribution in [0.1, 0.15) is 6.92 Å². The number of aromatic nitrogens is 3. The molecular weight excluding hydrogens is 152 g/mol. The summed E-state index contributed by atoms with van der Waals surface area (Å²) >= 11 is 0. The van der Waals surface area contributed by atoms with Crippen molar-refractivity contribution in [1.82, 2.24) is 14.5 Å². The molecule has 2 N–H and O–H groups in total. The molecular formula is C8H10N4. The normalized spacial score (nSPS) is 10.8. The minimum absolute atomic E-state index is 0.500. The Balaban J connectivity index is 2.80. The van der Waals surface area contributed by atoms with E-state index < -0.39 is 0 Å². The van der Waals surface area contributed by atoms with Crippen LogP contribution >= 0.6 is 0 Å². The number of imidazole rings is 1. The summed E-state index contributed by atoms with van der Waals surface area (Å²) in [6, 6.07) is 1.92. The number of fused-ring (bicyclic) bond motifs is 1. The third-order valence-corrected chi connectivity index (χ3v) is 1.91. The summed E-state index contributed by atoms with van der Waals surface area (Å²) in [5.41, 5.74) is 7.47. The van der Waals surface area contributed by atoms with E-state index in [-0.39, 0.29) is 0 Å². The van der Waals surface area contributed by atoms with E-state index in [9.17, 15) is 0 Å². The number of nitrogen functional groups attached to an aromatic ring is 1. The predicted molar refractivity (Wildman–Crippen MR) is 47.6 cm³/mol. The lowest BCUT2D eigenvalue weighted by Crippen LogP contribution is -1.93. The Morgan fingerprint density at radius 2 is 2.33 bits per heavy atom. The first kappa shape index (κ1) is 7.09. The number of pyridine rings is 1. The maximum atomic E-state index is 5.64. The first-order chi connectivity index (χ1) is 5.83. The molecule has 2 heterocycles. The molecule has 0 atom stereocenters. The predicted octanol–water partition coefficient (Wildman–Crippen LogP) is 1.03. The van der Waals surface area contributed by atoms with Crippen molar-refractivity contribution >= 4 is 16.9 Å². The summed E-state index contributed by atoms with van der Waals surface area (Å²) in [7, 11) is 0. The van der Waals surface area contributed by atoms with Crippen LogP contribution in [0.25, 0.3) is 11.0 Å². The molecule has 12 heavy (non-hydrogen) atoms. The van der Waals surface area contributed by atoms with Gasteiger partial charge in [0.1, 0.15) is 5.52 Å². The molecule has 2 rings (SSSR count). The van der Waals surface area contributed by atoms with Gasteiger partial charge in [0.2, 0.25) is 0 Å². The molecule has 4 nitrogen and oxygen atoms in total. The van der Waals surface area contributed by atoms with Crippen LogP contribution in [0.4, 0.5) is 5.82 Å². The minimum Gasteiger partial charge on any atom is -0.382 e. The molecule has 0 bridgehead atoms. The van der Waals surface area contributed by atoms with Gasteiger partial charge >= 0.3 is 0 Å². The van der Waals surface area contributed by atoms with Crippen LogP contribution in [0.3, 0.4) is 0 Å². The van der Waals surface area contributed by atoms with Gasteiger partial charge in [0.15, 0.2) is 5.82 Å². The van der Waals surface area contributed by atoms with E-state index >= 15 is 0 Å². The fourth-order valence-corrected chi connectivity index (χ4v) is 1.27. The number of hydrogen-bond donors (Lipinski definition) is 1. The van der Waals surface area contributed by atoms with Crippen molar-refractivity contribution in [3.05, 3.63) is 18.6 Å². The van der Waals surface area contributed by atoms with Crippen molar-refractivity contribution in [3.8, 4) is 0 Å². The molecule has 0 aromatic carbocycles. The smallest absolute Gasteiger partial charge is 0.151 e. The average Bonchev–Trinajstić information content (AvgIpc) is 2.49. The molecule has 2 aromatic rings. The summed E-state index contributed by atoms with van der Waals surface area (Å²) in [5, 5.41) is 0. The van der Waals surface area contributed by atoms with E-state index in [1.165, 1.54) is 0 Å². The highest BCUT2D eigenvalue weighted by Crippen LogP contribution is 2.15. The number of nitrogens with two attached hydrogens (primary N) is 1. The maximum absolute atomic E-state index is 5.64. The molecule has 0 saturated heterocycles. The summed E-state index contributed by atoms with van der Waals surface area (Å²) in [6.45, 7) is 2.97. The Bertz CT molecular complexity index is 404. The summed E-state index contributed by atoms with van der Waals surface area (Å²) < 4.78 is 2.04. The van der Waals surface area contributed by atoms with E-state index in [2.05, 4.69) is 16.9 Å². The second-order valence-electron chi connectivity index (χ2n) is 2.59. The van der Waals surface area contributed by atoms with Gasteiger partial charge in [-0.3, -0.25) is 0 Å². The van der Waals surface area contributed by atoms with Crippen molar-refractivity contribution in [3.63, 3.8) is 0 Å². The van der Waals surface area contributed by atoms with Crippen LogP contribution in [0, 0.1) is 0 Å². The zero-order valence-electron chi connectivity index (χ0n) is 6.86. The average molecular weight is 162 g/mol. The molecule has 4 heteroatoms. The summed E-state index contributed by atoms with van der Waals surface area (Å²) in [6.07, 6.45) is 3.48. The lowest BCUT2D eigenvalue weighted by Gasteiger charge is -1.97. The van der Waals surface area contributed by atoms with Crippen molar-refractivity contribution in [2.45, 2.75) is 13.5 Å². The van der Waals surface area contributed by atoms with Crippen molar-refractivity contribution in [1.29, 1.82) is 0 Å². The van der Waals surface area contributed by atoms with Crippen LogP contribution in [0.5, 0.6) is 0 Å². The van der Waals surface area contributed by atoms with Gasteiger partial charge in [-0.25, -0.2) is 9.97 Å². The SMILES string of the molecule is CCn1cnc2c(N)nccc21. The standard InChI is InChI=1S/C8H10N4/c1-2-12-5-11-7-6(12)3-4-10-8(7)9/h3-5H,2H2,1H3,(H2,9,10). The highest BCUT2D eigenvalue weighted by molar-refractivity contribution is 5.84. The molecule has 0 radical (unpaired) electrons. The molecule has 0 aliphatic rings. The van der Waals surface area contributed by atoms with E-state index in [1.54, 1.807) is 12.5 Å². The van der Waals surface area contributed by atoms with E-state index in [0.29, 0.717) is 5.82 Å². The Kier molecular flexibility index (Phi) is 1.46. The summed E-state index contributed by atoms with van der Waals surface area (Å²) in [4.78, 5) is 8.12. The maximum Gasteiger partial charge on any atom is 0.151 e. The molecule has 2 aromatic heterocycles. The van der Waals surface area contributed by atoms with Gasteiger partial charge in [-0.05, 0) is 13.0 Å². The number of anilines is 1.